The van der Waals surface area contributed by atoms with Crippen molar-refractivity contribution in [2.24, 2.45) is 0 Å². The molecule has 2 fully saturated rings. The minimum absolute atomic E-state index is 0.157. The monoisotopic (exact) mass is 198 g/mol. The normalized spacial score (nSPS) is 25.3. The molecule has 0 bridgehead atoms. The van der Waals surface area contributed by atoms with Crippen molar-refractivity contribution in [1.29, 1.82) is 0 Å². The molecule has 0 aromatic carbocycles. The molecule has 72 valence electrons. The second-order valence-corrected chi connectivity index (χ2v) is 5.21. The van der Waals surface area contributed by atoms with E-state index in [1.165, 1.54) is 0 Å². The van der Waals surface area contributed by atoms with E-state index < -0.39 is 0 Å². The first-order chi connectivity index (χ1) is 5.87. The molecular formula is C9H14N2OS. The fourth-order valence-electron chi connectivity index (χ4n) is 1.69. The molecule has 1 aliphatic carbocycles. The van der Waals surface area contributed by atoms with Gasteiger partial charge in [-0.25, -0.2) is 0 Å². The molecule has 2 aliphatic rings. The molecule has 1 saturated carbocycles. The molecule has 1 amide bonds. The smallest absolute Gasteiger partial charge is 0.254 e. The summed E-state index contributed by atoms with van der Waals surface area (Å²) < 4.78 is 0. The van der Waals surface area contributed by atoms with E-state index in [0.29, 0.717) is 5.11 Å². The van der Waals surface area contributed by atoms with E-state index in [1.807, 2.05) is 20.8 Å². The zero-order chi connectivity index (χ0) is 9.85. The van der Waals surface area contributed by atoms with Gasteiger partial charge in [-0.2, -0.15) is 0 Å². The van der Waals surface area contributed by atoms with Crippen molar-refractivity contribution < 1.29 is 4.79 Å². The molecule has 13 heavy (non-hydrogen) atoms. The molecule has 1 aliphatic heterocycles. The number of amides is 1. The second-order valence-electron chi connectivity index (χ2n) is 4.82. The summed E-state index contributed by atoms with van der Waals surface area (Å²) in [4.78, 5) is 13.6. The lowest BCUT2D eigenvalue weighted by molar-refractivity contribution is -0.130. The first kappa shape index (κ1) is 8.94. The number of carbonyl (C=O) groups excluding carboxylic acids is 1. The second kappa shape index (κ2) is 2.23. The molecule has 0 atom stereocenters. The van der Waals surface area contributed by atoms with E-state index in [2.05, 4.69) is 5.32 Å². The van der Waals surface area contributed by atoms with Crippen LogP contribution in [0.2, 0.25) is 0 Å². The van der Waals surface area contributed by atoms with Crippen molar-refractivity contribution in [3.63, 3.8) is 0 Å². The molecule has 1 spiro atoms. The van der Waals surface area contributed by atoms with Crippen LogP contribution in [0.25, 0.3) is 0 Å². The molecule has 1 saturated heterocycles. The quantitative estimate of drug-likeness (QED) is 0.590. The largest absolute Gasteiger partial charge is 0.348 e. The summed E-state index contributed by atoms with van der Waals surface area (Å²) in [6.07, 6.45) is 1.86. The summed E-state index contributed by atoms with van der Waals surface area (Å²) in [5.74, 6) is 0.157. The molecule has 2 rings (SSSR count). The third-order valence-corrected chi connectivity index (χ3v) is 2.87. The lowest BCUT2D eigenvalue weighted by Gasteiger charge is -2.30. The van der Waals surface area contributed by atoms with Crippen molar-refractivity contribution in [1.82, 2.24) is 10.2 Å². The lowest BCUT2D eigenvalue weighted by atomic mass is 10.1. The number of rotatable bonds is 0. The average Bonchev–Trinajstić information content (AvgIpc) is 2.60. The number of nitrogens with zero attached hydrogens (tertiary/aromatic N) is 1. The third-order valence-electron chi connectivity index (χ3n) is 2.58. The Morgan fingerprint density at radius 3 is 2.23 bits per heavy atom. The van der Waals surface area contributed by atoms with Crippen LogP contribution in [0.15, 0.2) is 0 Å². The zero-order valence-electron chi connectivity index (χ0n) is 8.18. The van der Waals surface area contributed by atoms with Gasteiger partial charge >= 0.3 is 0 Å². The van der Waals surface area contributed by atoms with Crippen LogP contribution in [0.1, 0.15) is 33.6 Å². The van der Waals surface area contributed by atoms with Crippen LogP contribution in [0.5, 0.6) is 0 Å². The Labute approximate surface area is 83.5 Å². The van der Waals surface area contributed by atoms with E-state index in [1.54, 1.807) is 4.90 Å². The van der Waals surface area contributed by atoms with Gasteiger partial charge < -0.3 is 5.32 Å². The average molecular weight is 198 g/mol. The summed E-state index contributed by atoms with van der Waals surface area (Å²) in [6.45, 7) is 6.00. The van der Waals surface area contributed by atoms with E-state index in [4.69, 9.17) is 12.2 Å². The van der Waals surface area contributed by atoms with Crippen LogP contribution in [0.4, 0.5) is 0 Å². The molecule has 4 heteroatoms. The maximum absolute atomic E-state index is 11.9. The lowest BCUT2D eigenvalue weighted by Crippen LogP contribution is -2.46. The van der Waals surface area contributed by atoms with Gasteiger partial charge in [0.25, 0.3) is 5.91 Å². The number of hydrogen-bond acceptors (Lipinski definition) is 2. The van der Waals surface area contributed by atoms with E-state index in [0.717, 1.165) is 12.8 Å². The van der Waals surface area contributed by atoms with Crippen LogP contribution < -0.4 is 5.32 Å². The molecule has 0 radical (unpaired) electrons. The fraction of sp³-hybridized carbons (Fsp3) is 0.778. The Hall–Kier alpha value is -0.640. The van der Waals surface area contributed by atoms with Crippen LogP contribution in [0.3, 0.4) is 0 Å². The topological polar surface area (TPSA) is 32.3 Å². The van der Waals surface area contributed by atoms with Gasteiger partial charge in [-0.3, -0.25) is 9.69 Å². The van der Waals surface area contributed by atoms with Crippen LogP contribution in [0, 0.1) is 0 Å². The molecule has 0 unspecified atom stereocenters. The molecule has 1 N–H and O–H groups in total. The maximum atomic E-state index is 11.9. The maximum Gasteiger partial charge on any atom is 0.254 e. The predicted octanol–water partition coefficient (Wildman–Crippen LogP) is 1.03. The summed E-state index contributed by atoms with van der Waals surface area (Å²) in [5, 5.41) is 3.71. The fourth-order valence-corrected chi connectivity index (χ4v) is 2.25. The molecule has 1 heterocycles. The van der Waals surface area contributed by atoms with Crippen molar-refractivity contribution in [3.8, 4) is 0 Å². The first-order valence-corrected chi connectivity index (χ1v) is 4.94. The first-order valence-electron chi connectivity index (χ1n) is 4.54. The van der Waals surface area contributed by atoms with Gasteiger partial charge in [-0.1, -0.05) is 0 Å². The Morgan fingerprint density at radius 2 is 2.00 bits per heavy atom. The Bertz CT molecular complexity index is 288. The highest BCUT2D eigenvalue weighted by atomic mass is 32.1. The van der Waals surface area contributed by atoms with Gasteiger partial charge in [0.15, 0.2) is 5.11 Å². The Kier molecular flexibility index (Phi) is 1.54. The molecule has 0 aromatic heterocycles. The Morgan fingerprint density at radius 1 is 1.46 bits per heavy atom. The summed E-state index contributed by atoms with van der Waals surface area (Å²) >= 11 is 5.15. The van der Waals surface area contributed by atoms with Crippen molar-refractivity contribution in [2.45, 2.75) is 44.7 Å². The summed E-state index contributed by atoms with van der Waals surface area (Å²) in [5.41, 5.74) is -0.502. The van der Waals surface area contributed by atoms with Gasteiger partial charge in [0.1, 0.15) is 5.54 Å². The highest BCUT2D eigenvalue weighted by Gasteiger charge is 2.59. The van der Waals surface area contributed by atoms with Crippen molar-refractivity contribution in [3.05, 3.63) is 0 Å². The van der Waals surface area contributed by atoms with Crippen molar-refractivity contribution >= 4 is 23.2 Å². The zero-order valence-corrected chi connectivity index (χ0v) is 8.99. The van der Waals surface area contributed by atoms with Gasteiger partial charge in [0.05, 0.1) is 0 Å². The minimum atomic E-state index is -0.301. The number of carbonyl (C=O) groups is 1. The van der Waals surface area contributed by atoms with Gasteiger partial charge in [-0.05, 0) is 45.8 Å². The van der Waals surface area contributed by atoms with E-state index in [9.17, 15) is 4.79 Å². The van der Waals surface area contributed by atoms with Crippen LogP contribution in [-0.2, 0) is 4.79 Å². The molecule has 3 nitrogen and oxygen atoms in total. The number of thiocarbonyl (C=S) groups is 1. The van der Waals surface area contributed by atoms with Gasteiger partial charge in [0.2, 0.25) is 0 Å². The van der Waals surface area contributed by atoms with Crippen LogP contribution >= 0.6 is 12.2 Å². The molecule has 0 aromatic rings. The minimum Gasteiger partial charge on any atom is -0.348 e. The van der Waals surface area contributed by atoms with Gasteiger partial charge in [-0.15, -0.1) is 0 Å². The summed E-state index contributed by atoms with van der Waals surface area (Å²) in [6, 6.07) is 0. The molecular weight excluding hydrogens is 184 g/mol. The highest BCUT2D eigenvalue weighted by molar-refractivity contribution is 7.80. The highest BCUT2D eigenvalue weighted by Crippen LogP contribution is 2.42. The standard InChI is InChI=1S/C9H14N2OS/c1-8(2,3)11-6(12)9(4-5-9)10-7(11)13/h4-5H2,1-3H3,(H,10,13). The third kappa shape index (κ3) is 1.15. The van der Waals surface area contributed by atoms with Crippen LogP contribution in [-0.4, -0.2) is 27.0 Å². The predicted molar refractivity (Wildman–Crippen MR) is 54.3 cm³/mol. The van der Waals surface area contributed by atoms with E-state index in [-0.39, 0.29) is 17.0 Å². The Balaban J connectivity index is 2.31. The number of hydrogen-bond donors (Lipinski definition) is 1. The number of nitrogens with one attached hydrogen (secondary N) is 1. The van der Waals surface area contributed by atoms with E-state index >= 15 is 0 Å². The summed E-state index contributed by atoms with van der Waals surface area (Å²) in [7, 11) is 0. The van der Waals surface area contributed by atoms with Gasteiger partial charge in [0, 0.05) is 5.54 Å². The van der Waals surface area contributed by atoms with Crippen molar-refractivity contribution in [2.75, 3.05) is 0 Å². The SMILES string of the molecule is CC(C)(C)N1C(=O)C2(CC2)NC1=S.